The third-order valence-corrected chi connectivity index (χ3v) is 4.81. The van der Waals surface area contributed by atoms with Gasteiger partial charge in [0.05, 0.1) is 6.07 Å². The van der Waals surface area contributed by atoms with E-state index in [2.05, 4.69) is 6.07 Å². The monoisotopic (exact) mass is 330 g/mol. The number of Topliss-reactive ketones (excluding diaryl/α,β-unsaturated/α-hetero) is 1. The molecule has 2 aliphatic rings. The van der Waals surface area contributed by atoms with E-state index >= 15 is 0 Å². The minimum absolute atomic E-state index is 0.0448. The highest BCUT2D eigenvalue weighted by molar-refractivity contribution is 6.30. The van der Waals surface area contributed by atoms with Crippen LogP contribution in [0.5, 0.6) is 0 Å². The molecule has 0 bridgehead atoms. The topological polar surface area (TPSA) is 76.1 Å². The van der Waals surface area contributed by atoms with E-state index in [0.717, 1.165) is 5.56 Å². The molecule has 0 fully saturated rings. The fourth-order valence-electron chi connectivity index (χ4n) is 3.53. The largest absolute Gasteiger partial charge is 0.478 e. The number of hydrogen-bond acceptors (Lipinski definition) is 4. The van der Waals surface area contributed by atoms with Crippen molar-refractivity contribution in [2.75, 3.05) is 0 Å². The van der Waals surface area contributed by atoms with E-state index < -0.39 is 12.1 Å². The van der Waals surface area contributed by atoms with Crippen LogP contribution in [-0.2, 0) is 9.53 Å². The number of nitrogens with two attached hydrogens (primary N) is 1. The minimum atomic E-state index is -0.735. The second-order valence-corrected chi connectivity index (χ2v) is 7.48. The third-order valence-electron chi connectivity index (χ3n) is 4.56. The number of carbonyl (C=O) groups excluding carboxylic acids is 1. The third kappa shape index (κ3) is 2.87. The Morgan fingerprint density at radius 2 is 1.96 bits per heavy atom. The van der Waals surface area contributed by atoms with Gasteiger partial charge in [0.2, 0.25) is 0 Å². The molecule has 1 aliphatic heterocycles. The van der Waals surface area contributed by atoms with Crippen molar-refractivity contribution >= 4 is 17.4 Å². The average Bonchev–Trinajstić information content (AvgIpc) is 2.45. The van der Waals surface area contributed by atoms with Gasteiger partial charge in [0.15, 0.2) is 12.0 Å². The fraction of sp³-hybridized carbons (Fsp3) is 0.444. The standard InChI is InChI=1S/C18H19ClN2O2/c1-18(2)7-13(22)16-14(8-18)23-17(21)12(9-20)15(16)10-3-5-11(19)6-4-10/h3-6,12,15,17H,7-8,21H2,1-2H3/t12-,15+,17-/m1/s1. The number of carbonyl (C=O) groups is 1. The van der Waals surface area contributed by atoms with Crippen LogP contribution in [0, 0.1) is 22.7 Å². The lowest BCUT2D eigenvalue weighted by molar-refractivity contribution is -0.120. The number of halogens is 1. The first-order valence-corrected chi connectivity index (χ1v) is 8.04. The molecular formula is C18H19ClN2O2. The van der Waals surface area contributed by atoms with Gasteiger partial charge in [-0.05, 0) is 23.1 Å². The molecule has 1 heterocycles. The maximum Gasteiger partial charge on any atom is 0.164 e. The Morgan fingerprint density at radius 1 is 1.30 bits per heavy atom. The van der Waals surface area contributed by atoms with E-state index in [4.69, 9.17) is 22.1 Å². The van der Waals surface area contributed by atoms with Gasteiger partial charge in [0.1, 0.15) is 11.7 Å². The molecule has 0 spiro atoms. The van der Waals surface area contributed by atoms with Crippen molar-refractivity contribution < 1.29 is 9.53 Å². The quantitative estimate of drug-likeness (QED) is 0.854. The molecule has 0 saturated heterocycles. The summed E-state index contributed by atoms with van der Waals surface area (Å²) in [6.45, 7) is 4.08. The first-order valence-electron chi connectivity index (χ1n) is 7.66. The predicted octanol–water partition coefficient (Wildman–Crippen LogP) is 3.52. The van der Waals surface area contributed by atoms with Gasteiger partial charge in [-0.2, -0.15) is 5.26 Å². The summed E-state index contributed by atoms with van der Waals surface area (Å²) in [5, 5.41) is 10.2. The van der Waals surface area contributed by atoms with Crippen LogP contribution in [0.2, 0.25) is 5.02 Å². The van der Waals surface area contributed by atoms with Crippen molar-refractivity contribution in [3.63, 3.8) is 0 Å². The van der Waals surface area contributed by atoms with E-state index in [1.54, 1.807) is 12.1 Å². The minimum Gasteiger partial charge on any atom is -0.478 e. The van der Waals surface area contributed by atoms with Crippen molar-refractivity contribution in [2.45, 2.75) is 38.8 Å². The molecule has 4 nitrogen and oxygen atoms in total. The number of nitriles is 1. The Bertz CT molecular complexity index is 716. The number of allylic oxidation sites excluding steroid dienone is 2. The summed E-state index contributed by atoms with van der Waals surface area (Å²) in [4.78, 5) is 12.7. The molecule has 2 N–H and O–H groups in total. The van der Waals surface area contributed by atoms with Gasteiger partial charge in [-0.3, -0.25) is 10.5 Å². The molecule has 0 radical (unpaired) electrons. The molecule has 1 aromatic rings. The lowest BCUT2D eigenvalue weighted by Gasteiger charge is -2.41. The Labute approximate surface area is 140 Å². The molecule has 0 amide bonds. The molecule has 1 aliphatic carbocycles. The highest BCUT2D eigenvalue weighted by Crippen LogP contribution is 2.48. The number of benzene rings is 1. The average molecular weight is 331 g/mol. The molecule has 1 aromatic carbocycles. The summed E-state index contributed by atoms with van der Waals surface area (Å²) in [5.74, 6) is -0.270. The van der Waals surface area contributed by atoms with Crippen LogP contribution in [0.4, 0.5) is 0 Å². The van der Waals surface area contributed by atoms with Gasteiger partial charge in [-0.25, -0.2) is 0 Å². The Balaban J connectivity index is 2.14. The summed E-state index contributed by atoms with van der Waals surface area (Å²) in [7, 11) is 0. The first-order chi connectivity index (χ1) is 10.8. The Morgan fingerprint density at radius 3 is 2.57 bits per heavy atom. The van der Waals surface area contributed by atoms with Crippen LogP contribution in [0.1, 0.15) is 38.2 Å². The molecule has 0 saturated carbocycles. The van der Waals surface area contributed by atoms with Crippen molar-refractivity contribution in [2.24, 2.45) is 17.1 Å². The summed E-state index contributed by atoms with van der Waals surface area (Å²) in [6.07, 6.45) is 0.373. The van der Waals surface area contributed by atoms with Gasteiger partial charge in [0.25, 0.3) is 0 Å². The maximum atomic E-state index is 12.7. The Kier molecular flexibility index (Phi) is 3.95. The lowest BCUT2D eigenvalue weighted by Crippen LogP contribution is -2.44. The number of hydrogen-bond donors (Lipinski definition) is 1. The predicted molar refractivity (Wildman–Crippen MR) is 87.4 cm³/mol. The smallest absolute Gasteiger partial charge is 0.164 e. The van der Waals surface area contributed by atoms with Crippen LogP contribution in [0.25, 0.3) is 0 Å². The van der Waals surface area contributed by atoms with E-state index in [-0.39, 0.29) is 17.1 Å². The fourth-order valence-corrected chi connectivity index (χ4v) is 3.65. The molecule has 23 heavy (non-hydrogen) atoms. The number of rotatable bonds is 1. The molecule has 5 heteroatoms. The Hall–Kier alpha value is -1.83. The van der Waals surface area contributed by atoms with Gasteiger partial charge >= 0.3 is 0 Å². The summed E-state index contributed by atoms with van der Waals surface area (Å²) in [5.41, 5.74) is 7.41. The van der Waals surface area contributed by atoms with Crippen molar-refractivity contribution in [1.29, 1.82) is 5.26 Å². The zero-order chi connectivity index (χ0) is 16.8. The van der Waals surface area contributed by atoms with Crippen molar-refractivity contribution in [3.05, 3.63) is 46.2 Å². The molecule has 0 unspecified atom stereocenters. The molecule has 3 rings (SSSR count). The SMILES string of the molecule is CC1(C)CC(=O)C2=C(C1)O[C@@H](N)[C@H](C#N)[C@@H]2c1ccc(Cl)cc1. The maximum absolute atomic E-state index is 12.7. The van der Waals surface area contributed by atoms with E-state index in [1.165, 1.54) is 0 Å². The number of ether oxygens (including phenoxy) is 1. The van der Waals surface area contributed by atoms with Crippen LogP contribution >= 0.6 is 11.6 Å². The second kappa shape index (κ2) is 5.67. The molecular weight excluding hydrogens is 312 g/mol. The molecule has 120 valence electrons. The van der Waals surface area contributed by atoms with Crippen LogP contribution in [-0.4, -0.2) is 12.0 Å². The zero-order valence-electron chi connectivity index (χ0n) is 13.2. The van der Waals surface area contributed by atoms with E-state index in [9.17, 15) is 10.1 Å². The van der Waals surface area contributed by atoms with Crippen molar-refractivity contribution in [1.82, 2.24) is 0 Å². The molecule has 3 atom stereocenters. The van der Waals surface area contributed by atoms with Gasteiger partial charge < -0.3 is 4.74 Å². The van der Waals surface area contributed by atoms with E-state index in [0.29, 0.717) is 29.2 Å². The zero-order valence-corrected chi connectivity index (χ0v) is 13.9. The normalized spacial score (nSPS) is 29.5. The summed E-state index contributed by atoms with van der Waals surface area (Å²) in [6, 6.07) is 9.47. The van der Waals surface area contributed by atoms with Crippen LogP contribution in [0.15, 0.2) is 35.6 Å². The molecule has 0 aromatic heterocycles. The van der Waals surface area contributed by atoms with Crippen LogP contribution in [0.3, 0.4) is 0 Å². The summed E-state index contributed by atoms with van der Waals surface area (Å²) >= 11 is 5.96. The van der Waals surface area contributed by atoms with Gasteiger partial charge in [-0.15, -0.1) is 0 Å². The summed E-state index contributed by atoms with van der Waals surface area (Å²) < 4.78 is 5.76. The highest BCUT2D eigenvalue weighted by Gasteiger charge is 2.46. The van der Waals surface area contributed by atoms with Crippen LogP contribution < -0.4 is 5.73 Å². The number of ketones is 1. The number of nitrogens with zero attached hydrogens (tertiary/aromatic N) is 1. The van der Waals surface area contributed by atoms with E-state index in [1.807, 2.05) is 26.0 Å². The highest BCUT2D eigenvalue weighted by atomic mass is 35.5. The van der Waals surface area contributed by atoms with Crippen molar-refractivity contribution in [3.8, 4) is 6.07 Å². The lowest BCUT2D eigenvalue weighted by atomic mass is 9.68. The second-order valence-electron chi connectivity index (χ2n) is 7.04. The van der Waals surface area contributed by atoms with Gasteiger partial charge in [0, 0.05) is 29.4 Å². The van der Waals surface area contributed by atoms with Gasteiger partial charge in [-0.1, -0.05) is 37.6 Å². The first kappa shape index (κ1) is 16.0.